The lowest BCUT2D eigenvalue weighted by Gasteiger charge is -2.15. The summed E-state index contributed by atoms with van der Waals surface area (Å²) in [6, 6.07) is 3.47. The Kier molecular flexibility index (Phi) is 5.80. The first-order valence-electron chi connectivity index (χ1n) is 5.77. The molecule has 6 heteroatoms. The van der Waals surface area contributed by atoms with E-state index < -0.39 is 6.10 Å². The van der Waals surface area contributed by atoms with E-state index in [9.17, 15) is 14.7 Å². The number of rotatable bonds is 6. The minimum atomic E-state index is -0.568. The maximum atomic E-state index is 11.5. The fourth-order valence-electron chi connectivity index (χ4n) is 1.17. The Morgan fingerprint density at radius 3 is 2.67 bits per heavy atom. The van der Waals surface area contributed by atoms with E-state index in [4.69, 9.17) is 0 Å². The van der Waals surface area contributed by atoms with Crippen LogP contribution in [0.5, 0.6) is 0 Å². The maximum Gasteiger partial charge on any atom is 0.261 e. The Morgan fingerprint density at radius 2 is 2.11 bits per heavy atom. The average Bonchev–Trinajstić information content (AvgIpc) is 2.86. The Morgan fingerprint density at radius 1 is 1.39 bits per heavy atom. The molecule has 0 radical (unpaired) electrons. The van der Waals surface area contributed by atoms with E-state index in [1.54, 1.807) is 17.5 Å². The van der Waals surface area contributed by atoms with Gasteiger partial charge in [-0.1, -0.05) is 19.9 Å². The van der Waals surface area contributed by atoms with E-state index in [2.05, 4.69) is 10.6 Å². The summed E-state index contributed by atoms with van der Waals surface area (Å²) in [7, 11) is 0. The van der Waals surface area contributed by atoms with Gasteiger partial charge in [0.1, 0.15) is 0 Å². The van der Waals surface area contributed by atoms with Gasteiger partial charge in [0.25, 0.3) is 5.91 Å². The first kappa shape index (κ1) is 14.7. The lowest BCUT2D eigenvalue weighted by molar-refractivity contribution is -0.120. The summed E-state index contributed by atoms with van der Waals surface area (Å²) in [6.07, 6.45) is -0.568. The number of thiophene rings is 1. The van der Waals surface area contributed by atoms with Gasteiger partial charge in [-0.2, -0.15) is 0 Å². The summed E-state index contributed by atoms with van der Waals surface area (Å²) in [5.41, 5.74) is 0. The topological polar surface area (TPSA) is 78.4 Å². The zero-order valence-electron chi connectivity index (χ0n) is 10.5. The van der Waals surface area contributed by atoms with Crippen LogP contribution < -0.4 is 10.6 Å². The number of hydrogen-bond acceptors (Lipinski definition) is 4. The van der Waals surface area contributed by atoms with Crippen LogP contribution in [-0.4, -0.2) is 36.1 Å². The maximum absolute atomic E-state index is 11.5. The number of hydrogen-bond donors (Lipinski definition) is 3. The van der Waals surface area contributed by atoms with Crippen LogP contribution in [0.1, 0.15) is 23.5 Å². The Hall–Kier alpha value is -1.40. The molecule has 0 aromatic carbocycles. The normalized spacial score (nSPS) is 12.2. The molecule has 1 atom stereocenters. The summed E-state index contributed by atoms with van der Waals surface area (Å²) in [4.78, 5) is 23.5. The van der Waals surface area contributed by atoms with Crippen molar-refractivity contribution in [1.29, 1.82) is 0 Å². The van der Waals surface area contributed by atoms with Crippen molar-refractivity contribution in [1.82, 2.24) is 10.6 Å². The number of nitrogens with one attached hydrogen (secondary N) is 2. The first-order chi connectivity index (χ1) is 8.50. The molecule has 0 fully saturated rings. The molecule has 0 aliphatic heterocycles. The van der Waals surface area contributed by atoms with Gasteiger partial charge in [0.15, 0.2) is 0 Å². The lowest BCUT2D eigenvalue weighted by atomic mass is 10.1. The molecule has 0 saturated heterocycles. The highest BCUT2D eigenvalue weighted by Crippen LogP contribution is 2.07. The van der Waals surface area contributed by atoms with Crippen LogP contribution in [0.4, 0.5) is 0 Å². The minimum Gasteiger partial charge on any atom is -0.391 e. The molecule has 100 valence electrons. The van der Waals surface area contributed by atoms with Crippen molar-refractivity contribution in [2.45, 2.75) is 20.0 Å². The van der Waals surface area contributed by atoms with Crippen LogP contribution in [-0.2, 0) is 4.79 Å². The molecule has 1 aromatic heterocycles. The van der Waals surface area contributed by atoms with Gasteiger partial charge in [0, 0.05) is 6.54 Å². The van der Waals surface area contributed by atoms with Crippen molar-refractivity contribution in [3.05, 3.63) is 22.4 Å². The fourth-order valence-corrected chi connectivity index (χ4v) is 1.81. The highest BCUT2D eigenvalue weighted by Gasteiger charge is 2.12. The predicted molar refractivity (Wildman–Crippen MR) is 70.5 cm³/mol. The lowest BCUT2D eigenvalue weighted by Crippen LogP contribution is -2.41. The average molecular weight is 270 g/mol. The van der Waals surface area contributed by atoms with Crippen LogP contribution in [0, 0.1) is 5.92 Å². The van der Waals surface area contributed by atoms with Crippen molar-refractivity contribution in [3.8, 4) is 0 Å². The Balaban J connectivity index is 2.23. The summed E-state index contributed by atoms with van der Waals surface area (Å²) >= 11 is 1.32. The molecule has 1 unspecified atom stereocenters. The van der Waals surface area contributed by atoms with Crippen LogP contribution in [0.3, 0.4) is 0 Å². The number of aliphatic hydroxyl groups excluding tert-OH is 1. The van der Waals surface area contributed by atoms with E-state index in [-0.39, 0.29) is 30.8 Å². The van der Waals surface area contributed by atoms with E-state index >= 15 is 0 Å². The Labute approximate surface area is 110 Å². The van der Waals surface area contributed by atoms with E-state index in [0.29, 0.717) is 4.88 Å². The van der Waals surface area contributed by atoms with Gasteiger partial charge in [0.05, 0.1) is 17.5 Å². The molecule has 2 amide bonds. The molecule has 0 aliphatic rings. The summed E-state index contributed by atoms with van der Waals surface area (Å²) in [6.45, 7) is 3.86. The van der Waals surface area contributed by atoms with Crippen molar-refractivity contribution in [3.63, 3.8) is 0 Å². The number of carbonyl (C=O) groups is 2. The smallest absolute Gasteiger partial charge is 0.261 e. The third-order valence-electron chi connectivity index (χ3n) is 2.43. The van der Waals surface area contributed by atoms with Gasteiger partial charge in [-0.05, 0) is 17.4 Å². The van der Waals surface area contributed by atoms with Gasteiger partial charge in [-0.3, -0.25) is 9.59 Å². The highest BCUT2D eigenvalue weighted by molar-refractivity contribution is 7.12. The molecule has 0 spiro atoms. The van der Waals surface area contributed by atoms with Crippen molar-refractivity contribution in [2.24, 2.45) is 5.92 Å². The molecule has 18 heavy (non-hydrogen) atoms. The predicted octanol–water partition coefficient (Wildman–Crippen LogP) is 0.611. The van der Waals surface area contributed by atoms with Gasteiger partial charge in [0.2, 0.25) is 5.91 Å². The fraction of sp³-hybridized carbons (Fsp3) is 0.500. The molecular formula is C12H18N2O3S. The van der Waals surface area contributed by atoms with Crippen LogP contribution in [0.25, 0.3) is 0 Å². The van der Waals surface area contributed by atoms with Crippen molar-refractivity contribution in [2.75, 3.05) is 13.1 Å². The third-order valence-corrected chi connectivity index (χ3v) is 3.30. The number of carbonyl (C=O) groups excluding carboxylic acids is 2. The molecule has 5 nitrogen and oxygen atoms in total. The second kappa shape index (κ2) is 7.13. The molecule has 1 aromatic rings. The van der Waals surface area contributed by atoms with Crippen LogP contribution in [0.2, 0.25) is 0 Å². The second-order valence-corrected chi connectivity index (χ2v) is 5.22. The van der Waals surface area contributed by atoms with Crippen LogP contribution in [0.15, 0.2) is 17.5 Å². The van der Waals surface area contributed by atoms with Crippen molar-refractivity contribution < 1.29 is 14.7 Å². The van der Waals surface area contributed by atoms with E-state index in [0.717, 1.165) is 0 Å². The third kappa shape index (κ3) is 4.85. The van der Waals surface area contributed by atoms with Crippen molar-refractivity contribution >= 4 is 23.2 Å². The Bertz CT molecular complexity index is 390. The minimum absolute atomic E-state index is 0.0818. The summed E-state index contributed by atoms with van der Waals surface area (Å²) in [5, 5.41) is 16.4. The van der Waals surface area contributed by atoms with Gasteiger partial charge in [-0.25, -0.2) is 0 Å². The molecule has 1 heterocycles. The molecule has 0 aliphatic carbocycles. The molecule has 0 saturated carbocycles. The molecule has 1 rings (SSSR count). The quantitative estimate of drug-likeness (QED) is 0.708. The molecular weight excluding hydrogens is 252 g/mol. The zero-order valence-corrected chi connectivity index (χ0v) is 11.3. The zero-order chi connectivity index (χ0) is 13.5. The molecule has 3 N–H and O–H groups in total. The van der Waals surface area contributed by atoms with Gasteiger partial charge < -0.3 is 15.7 Å². The van der Waals surface area contributed by atoms with E-state index in [1.807, 2.05) is 13.8 Å². The van der Waals surface area contributed by atoms with E-state index in [1.165, 1.54) is 11.3 Å². The standard InChI is InChI=1S/C12H18N2O3S/c1-8(2)9(15)6-13-11(16)7-14-12(17)10-4-3-5-18-10/h3-5,8-9,15H,6-7H2,1-2H3,(H,13,16)(H,14,17). The van der Waals surface area contributed by atoms with Crippen LogP contribution >= 0.6 is 11.3 Å². The monoisotopic (exact) mass is 270 g/mol. The number of amides is 2. The van der Waals surface area contributed by atoms with Gasteiger partial charge >= 0.3 is 0 Å². The number of aliphatic hydroxyl groups is 1. The summed E-state index contributed by atoms with van der Waals surface area (Å²) < 4.78 is 0. The largest absolute Gasteiger partial charge is 0.391 e. The summed E-state index contributed by atoms with van der Waals surface area (Å²) in [5.74, 6) is -0.477. The SMILES string of the molecule is CC(C)C(O)CNC(=O)CNC(=O)c1cccs1. The second-order valence-electron chi connectivity index (χ2n) is 4.28. The van der Waals surface area contributed by atoms with Gasteiger partial charge in [-0.15, -0.1) is 11.3 Å². The first-order valence-corrected chi connectivity index (χ1v) is 6.65. The highest BCUT2D eigenvalue weighted by atomic mass is 32.1. The molecule has 0 bridgehead atoms.